The van der Waals surface area contributed by atoms with Gasteiger partial charge in [0.2, 0.25) is 10.0 Å². The van der Waals surface area contributed by atoms with Gasteiger partial charge in [-0.3, -0.25) is 0 Å². The fourth-order valence-corrected chi connectivity index (χ4v) is 10.3. The van der Waals surface area contributed by atoms with Gasteiger partial charge in [0.25, 0.3) is 0 Å². The molecule has 0 aromatic carbocycles. The molecule has 0 aromatic rings. The van der Waals surface area contributed by atoms with Gasteiger partial charge in [-0.2, -0.15) is 4.31 Å². The lowest BCUT2D eigenvalue weighted by Gasteiger charge is -2.46. The van der Waals surface area contributed by atoms with Gasteiger partial charge in [-0.1, -0.05) is 59.0 Å². The highest BCUT2D eigenvalue weighted by Crippen LogP contribution is 2.67. The molecule has 0 aliphatic heterocycles. The van der Waals surface area contributed by atoms with E-state index in [0.29, 0.717) is 5.92 Å². The fourth-order valence-electron chi connectivity index (χ4n) is 7.47. The van der Waals surface area contributed by atoms with Gasteiger partial charge >= 0.3 is 0 Å². The van der Waals surface area contributed by atoms with Crippen LogP contribution in [0.5, 0.6) is 0 Å². The summed E-state index contributed by atoms with van der Waals surface area (Å²) in [4.78, 5) is 0. The van der Waals surface area contributed by atoms with Crippen molar-refractivity contribution in [1.29, 1.82) is 0 Å². The summed E-state index contributed by atoms with van der Waals surface area (Å²) in [5, 5.41) is 0. The van der Waals surface area contributed by atoms with Crippen LogP contribution < -0.4 is 0 Å². The Kier molecular flexibility index (Phi) is 6.11. The SMILES string of the molecule is C=CO[C@@H]1C[C@H]2CC[C@]1(CS(=O)(=O)N(C1CCCCC1)C1CCCCC1)C2(C)C. The zero-order valence-electron chi connectivity index (χ0n) is 18.6. The van der Waals surface area contributed by atoms with Crippen molar-refractivity contribution in [1.82, 2.24) is 4.31 Å². The molecule has 166 valence electrons. The van der Waals surface area contributed by atoms with Crippen LogP contribution in [0.4, 0.5) is 0 Å². The largest absolute Gasteiger partial charge is 0.498 e. The lowest BCUT2D eigenvalue weighted by atomic mass is 9.69. The number of sulfonamides is 1. The monoisotopic (exact) mass is 423 g/mol. The van der Waals surface area contributed by atoms with E-state index in [1.165, 1.54) is 44.8 Å². The Bertz CT molecular complexity index is 673. The molecular formula is C24H41NO3S. The molecular weight excluding hydrogens is 382 g/mol. The van der Waals surface area contributed by atoms with Crippen molar-refractivity contribution >= 4 is 10.0 Å². The molecule has 4 saturated carbocycles. The van der Waals surface area contributed by atoms with E-state index >= 15 is 0 Å². The van der Waals surface area contributed by atoms with Gasteiger partial charge in [0.05, 0.1) is 12.0 Å². The zero-order chi connectivity index (χ0) is 20.7. The molecule has 0 spiro atoms. The Morgan fingerprint density at radius 3 is 2.00 bits per heavy atom. The van der Waals surface area contributed by atoms with Crippen molar-refractivity contribution in [2.24, 2.45) is 16.7 Å². The van der Waals surface area contributed by atoms with E-state index < -0.39 is 10.0 Å². The number of nitrogens with zero attached hydrogens (tertiary/aromatic N) is 1. The Labute approximate surface area is 178 Å². The van der Waals surface area contributed by atoms with Crippen molar-refractivity contribution in [3.63, 3.8) is 0 Å². The quantitative estimate of drug-likeness (QED) is 0.498. The summed E-state index contributed by atoms with van der Waals surface area (Å²) in [6.45, 7) is 8.36. The predicted molar refractivity (Wildman–Crippen MR) is 118 cm³/mol. The molecule has 4 aliphatic rings. The molecule has 4 nitrogen and oxygen atoms in total. The first kappa shape index (κ1) is 21.7. The van der Waals surface area contributed by atoms with Gasteiger partial charge < -0.3 is 4.74 Å². The predicted octanol–water partition coefficient (Wildman–Crippen LogP) is 5.64. The Hall–Kier alpha value is -0.550. The summed E-state index contributed by atoms with van der Waals surface area (Å²) in [6, 6.07) is 0.433. The summed E-state index contributed by atoms with van der Waals surface area (Å²) >= 11 is 0. The van der Waals surface area contributed by atoms with Crippen LogP contribution in [0.2, 0.25) is 0 Å². The first-order chi connectivity index (χ1) is 13.8. The van der Waals surface area contributed by atoms with Crippen LogP contribution in [0, 0.1) is 16.7 Å². The van der Waals surface area contributed by atoms with Crippen LogP contribution in [-0.4, -0.2) is 36.7 Å². The van der Waals surface area contributed by atoms with Crippen molar-refractivity contribution in [3.8, 4) is 0 Å². The number of rotatable bonds is 7. The summed E-state index contributed by atoms with van der Waals surface area (Å²) in [5.74, 6) is 0.815. The smallest absolute Gasteiger partial charge is 0.215 e. The molecule has 4 fully saturated rings. The van der Waals surface area contributed by atoms with Crippen LogP contribution in [0.15, 0.2) is 12.8 Å². The van der Waals surface area contributed by atoms with Gasteiger partial charge in [0.1, 0.15) is 6.10 Å². The number of ether oxygens (including phenoxy) is 1. The molecule has 0 unspecified atom stereocenters. The maximum Gasteiger partial charge on any atom is 0.215 e. The van der Waals surface area contributed by atoms with Crippen molar-refractivity contribution in [3.05, 3.63) is 12.8 Å². The number of hydrogen-bond acceptors (Lipinski definition) is 3. The molecule has 0 N–H and O–H groups in total. The molecule has 4 rings (SSSR count). The fraction of sp³-hybridized carbons (Fsp3) is 0.917. The Morgan fingerprint density at radius 2 is 1.52 bits per heavy atom. The topological polar surface area (TPSA) is 46.6 Å². The minimum Gasteiger partial charge on any atom is -0.498 e. The van der Waals surface area contributed by atoms with E-state index in [1.54, 1.807) is 0 Å². The highest BCUT2D eigenvalue weighted by Gasteiger charge is 2.66. The second kappa shape index (κ2) is 8.18. The maximum absolute atomic E-state index is 14.1. The van der Waals surface area contributed by atoms with E-state index in [0.717, 1.165) is 44.9 Å². The van der Waals surface area contributed by atoms with E-state index in [1.807, 2.05) is 4.31 Å². The number of fused-ring (bicyclic) bond motifs is 2. The third-order valence-electron chi connectivity index (χ3n) is 9.25. The van der Waals surface area contributed by atoms with Gasteiger partial charge in [-0.15, -0.1) is 0 Å². The van der Waals surface area contributed by atoms with Crippen LogP contribution in [0.3, 0.4) is 0 Å². The summed E-state index contributed by atoms with van der Waals surface area (Å²) < 4.78 is 36.3. The molecule has 0 amide bonds. The van der Waals surface area contributed by atoms with Gasteiger partial charge in [-0.05, 0) is 56.3 Å². The first-order valence-corrected chi connectivity index (χ1v) is 13.7. The number of hydrogen-bond donors (Lipinski definition) is 0. The minimum atomic E-state index is -3.35. The normalized spacial score (nSPS) is 35.8. The third-order valence-corrected chi connectivity index (χ3v) is 11.4. The molecule has 4 aliphatic carbocycles. The maximum atomic E-state index is 14.1. The lowest BCUT2D eigenvalue weighted by Crippen LogP contribution is -2.54. The second-order valence-electron chi connectivity index (χ2n) is 10.8. The molecule has 29 heavy (non-hydrogen) atoms. The average Bonchev–Trinajstić information content (AvgIpc) is 3.04. The van der Waals surface area contributed by atoms with Crippen LogP contribution >= 0.6 is 0 Å². The highest BCUT2D eigenvalue weighted by atomic mass is 32.2. The molecule has 0 heterocycles. The molecule has 3 atom stereocenters. The summed E-state index contributed by atoms with van der Waals surface area (Å²) in [5.41, 5.74) is -0.287. The van der Waals surface area contributed by atoms with Crippen molar-refractivity contribution in [2.75, 3.05) is 5.75 Å². The van der Waals surface area contributed by atoms with Crippen molar-refractivity contribution < 1.29 is 13.2 Å². The first-order valence-electron chi connectivity index (χ1n) is 12.1. The van der Waals surface area contributed by atoms with E-state index in [2.05, 4.69) is 20.4 Å². The standard InChI is InChI=1S/C24H41NO3S/c1-4-28-22-17-19-15-16-24(22,23(19,2)3)18-29(26,27)25(20-11-7-5-8-12-20)21-13-9-6-10-14-21/h4,19-22H,1,5-18H2,2-3H3/t19-,22-,24-/m1/s1. The molecule has 0 aromatic heterocycles. The van der Waals surface area contributed by atoms with Gasteiger partial charge in [0.15, 0.2) is 0 Å². The highest BCUT2D eigenvalue weighted by molar-refractivity contribution is 7.89. The third kappa shape index (κ3) is 3.69. The molecule has 2 bridgehead atoms. The van der Waals surface area contributed by atoms with E-state index in [-0.39, 0.29) is 34.8 Å². The minimum absolute atomic E-state index is 0.00144. The molecule has 0 saturated heterocycles. The summed E-state index contributed by atoms with van der Waals surface area (Å²) in [6.07, 6.45) is 16.0. The van der Waals surface area contributed by atoms with E-state index in [4.69, 9.17) is 4.74 Å². The molecule has 5 heteroatoms. The Balaban J connectivity index is 1.65. The van der Waals surface area contributed by atoms with Crippen molar-refractivity contribution in [2.45, 2.75) is 116 Å². The van der Waals surface area contributed by atoms with E-state index in [9.17, 15) is 8.42 Å². The van der Waals surface area contributed by atoms with Crippen LogP contribution in [0.25, 0.3) is 0 Å². The molecule has 0 radical (unpaired) electrons. The average molecular weight is 424 g/mol. The summed E-state index contributed by atoms with van der Waals surface area (Å²) in [7, 11) is -3.35. The Morgan fingerprint density at radius 1 is 0.966 bits per heavy atom. The second-order valence-corrected chi connectivity index (χ2v) is 12.7. The van der Waals surface area contributed by atoms with Crippen LogP contribution in [-0.2, 0) is 14.8 Å². The van der Waals surface area contributed by atoms with Gasteiger partial charge in [-0.25, -0.2) is 8.42 Å². The lowest BCUT2D eigenvalue weighted by molar-refractivity contribution is 0.00281. The van der Waals surface area contributed by atoms with Gasteiger partial charge in [0, 0.05) is 17.5 Å². The van der Waals surface area contributed by atoms with Crippen LogP contribution in [0.1, 0.15) is 97.3 Å². The zero-order valence-corrected chi connectivity index (χ0v) is 19.4.